The van der Waals surface area contributed by atoms with Crippen molar-refractivity contribution < 1.29 is 26.3 Å². The van der Waals surface area contributed by atoms with Crippen LogP contribution in [0, 0.1) is 5.92 Å². The van der Waals surface area contributed by atoms with Crippen LogP contribution in [0.5, 0.6) is 0 Å². The summed E-state index contributed by atoms with van der Waals surface area (Å²) in [7, 11) is 0. The Bertz CT molecular complexity index is 1590. The van der Waals surface area contributed by atoms with Crippen molar-refractivity contribution >= 4 is 22.7 Å². The summed E-state index contributed by atoms with van der Waals surface area (Å²) in [6.07, 6.45) is 11.0. The molecule has 1 saturated carbocycles. The number of alkyl halides is 6. The van der Waals surface area contributed by atoms with Gasteiger partial charge in [-0.05, 0) is 54.5 Å². The summed E-state index contributed by atoms with van der Waals surface area (Å²) < 4.78 is 82.0. The summed E-state index contributed by atoms with van der Waals surface area (Å²) in [6, 6.07) is 9.73. The van der Waals surface area contributed by atoms with Gasteiger partial charge in [-0.1, -0.05) is 150 Å². The monoisotopic (exact) mass is 763 g/mol. The van der Waals surface area contributed by atoms with Crippen LogP contribution in [-0.2, 0) is 18.8 Å². The first-order valence-electron chi connectivity index (χ1n) is 20.3. The number of benzene rings is 2. The van der Waals surface area contributed by atoms with Crippen LogP contribution in [0.3, 0.4) is 0 Å². The lowest BCUT2D eigenvalue weighted by molar-refractivity contribution is -0.143. The van der Waals surface area contributed by atoms with Crippen molar-refractivity contribution in [3.05, 3.63) is 71.5 Å². The van der Waals surface area contributed by atoms with Crippen LogP contribution < -0.4 is 5.32 Å². The maximum atomic E-state index is 13.3. The molecule has 0 amide bonds. The van der Waals surface area contributed by atoms with Crippen LogP contribution in [-0.4, -0.2) is 14.5 Å². The Labute approximate surface area is 320 Å². The standard InChI is InChI=1S/C28H26F6N4.C10H22.C4H10.C2H6/c1-2-17-8-10-18(11-9-17)24-16-38(22-6-4-3-5-7-22)25-23(24)15-35-26(37-25)36-21-13-19(27(29,30)31)12-20(14-21)28(32,33)34;1-4-6-7-9-10(3)8-5-2;1-3-4-2;1-2/h8-16,22H,2-7H2,1H3,(H,35,36,37);10H,4-9H2,1-3H3;3-4H2,1-2H3;1-2H3. The van der Waals surface area contributed by atoms with Crippen LogP contribution in [0.25, 0.3) is 22.2 Å². The number of halogens is 6. The van der Waals surface area contributed by atoms with Gasteiger partial charge in [0.15, 0.2) is 0 Å². The smallest absolute Gasteiger partial charge is 0.329 e. The van der Waals surface area contributed by atoms with Crippen molar-refractivity contribution in [2.75, 3.05) is 5.32 Å². The van der Waals surface area contributed by atoms with E-state index in [0.29, 0.717) is 17.8 Å². The second-order valence-corrected chi connectivity index (χ2v) is 14.0. The maximum Gasteiger partial charge on any atom is 0.416 e. The molecule has 2 heterocycles. The maximum absolute atomic E-state index is 13.3. The number of nitrogens with zero attached hydrogens (tertiary/aromatic N) is 3. The minimum atomic E-state index is -4.94. The van der Waals surface area contributed by atoms with Gasteiger partial charge in [0.1, 0.15) is 5.65 Å². The zero-order valence-corrected chi connectivity index (χ0v) is 33.9. The summed E-state index contributed by atoms with van der Waals surface area (Å²) in [5, 5.41) is 3.35. The second-order valence-electron chi connectivity index (χ2n) is 14.0. The van der Waals surface area contributed by atoms with Gasteiger partial charge in [-0.2, -0.15) is 31.3 Å². The summed E-state index contributed by atoms with van der Waals surface area (Å²) in [6.45, 7) is 17.4. The number of fused-ring (bicyclic) bond motifs is 1. The topological polar surface area (TPSA) is 42.7 Å². The van der Waals surface area contributed by atoms with Crippen LogP contribution in [0.4, 0.5) is 38.0 Å². The van der Waals surface area contributed by atoms with Gasteiger partial charge in [-0.3, -0.25) is 0 Å². The van der Waals surface area contributed by atoms with Gasteiger partial charge in [0.05, 0.1) is 11.1 Å². The van der Waals surface area contributed by atoms with E-state index in [-0.39, 0.29) is 18.1 Å². The van der Waals surface area contributed by atoms with Crippen molar-refractivity contribution in [1.82, 2.24) is 14.5 Å². The molecule has 1 aliphatic rings. The third-order valence-electron chi connectivity index (χ3n) is 9.64. The molecule has 1 unspecified atom stereocenters. The average molecular weight is 763 g/mol. The van der Waals surface area contributed by atoms with Crippen LogP contribution in [0.1, 0.15) is 162 Å². The van der Waals surface area contributed by atoms with E-state index in [4.69, 9.17) is 0 Å². The molecule has 4 nitrogen and oxygen atoms in total. The second kappa shape index (κ2) is 23.4. The molecule has 0 bridgehead atoms. The minimum Gasteiger partial charge on any atom is -0.329 e. The molecule has 0 spiro atoms. The number of hydrogen-bond donors (Lipinski definition) is 1. The van der Waals surface area contributed by atoms with Gasteiger partial charge in [0, 0.05) is 35.1 Å². The fraction of sp³-hybridized carbons (Fsp3) is 0.591. The van der Waals surface area contributed by atoms with Crippen molar-refractivity contribution in [2.45, 2.75) is 164 Å². The normalized spacial score (nSPS) is 13.9. The van der Waals surface area contributed by atoms with E-state index in [2.05, 4.69) is 73.5 Å². The molecule has 10 heteroatoms. The van der Waals surface area contributed by atoms with E-state index in [1.54, 1.807) is 6.20 Å². The quantitative estimate of drug-likeness (QED) is 0.115. The molecule has 1 fully saturated rings. The Morgan fingerprint density at radius 1 is 0.759 bits per heavy atom. The molecule has 54 heavy (non-hydrogen) atoms. The molecule has 1 N–H and O–H groups in total. The third kappa shape index (κ3) is 14.6. The summed E-state index contributed by atoms with van der Waals surface area (Å²) >= 11 is 0. The van der Waals surface area contributed by atoms with E-state index >= 15 is 0 Å². The van der Waals surface area contributed by atoms with E-state index < -0.39 is 29.2 Å². The largest absolute Gasteiger partial charge is 0.416 e. The van der Waals surface area contributed by atoms with Crippen molar-refractivity contribution in [3.8, 4) is 11.1 Å². The molecule has 0 radical (unpaired) electrons. The minimum absolute atomic E-state index is 0.0759. The first-order chi connectivity index (χ1) is 25.7. The fourth-order valence-electron chi connectivity index (χ4n) is 6.41. The molecular weight excluding hydrogens is 699 g/mol. The van der Waals surface area contributed by atoms with Crippen LogP contribution in [0.15, 0.2) is 54.9 Å². The summed E-state index contributed by atoms with van der Waals surface area (Å²) in [5.41, 5.74) is 0.506. The SMILES string of the molecule is CC.CCCC.CCCCCC(C)CCC.CCc1ccc(-c2cn(C3CCCCC3)c3nc(Nc4cc(C(F)(F)F)cc(C(F)(F)F)c4)ncc23)cc1. The molecule has 2 aromatic carbocycles. The molecule has 302 valence electrons. The number of hydrogen-bond acceptors (Lipinski definition) is 3. The van der Waals surface area contributed by atoms with E-state index in [1.807, 2.05) is 32.2 Å². The number of unbranched alkanes of at least 4 members (excludes halogenated alkanes) is 3. The Morgan fingerprint density at radius 2 is 1.35 bits per heavy atom. The van der Waals surface area contributed by atoms with Crippen molar-refractivity contribution in [3.63, 3.8) is 0 Å². The summed E-state index contributed by atoms with van der Waals surface area (Å²) in [5.74, 6) is 0.893. The number of rotatable bonds is 12. The van der Waals surface area contributed by atoms with E-state index in [9.17, 15) is 26.3 Å². The predicted octanol–water partition coefficient (Wildman–Crippen LogP) is 15.8. The van der Waals surface area contributed by atoms with Gasteiger partial charge < -0.3 is 9.88 Å². The molecule has 1 aliphatic carbocycles. The Hall–Kier alpha value is -3.56. The molecular formula is C44H64F6N4. The highest BCUT2D eigenvalue weighted by Gasteiger charge is 2.37. The lowest BCUT2D eigenvalue weighted by atomic mass is 9.95. The van der Waals surface area contributed by atoms with Gasteiger partial charge in [0.2, 0.25) is 5.95 Å². The molecule has 0 saturated heterocycles. The lowest BCUT2D eigenvalue weighted by Crippen LogP contribution is -2.13. The molecule has 5 rings (SSSR count). The molecule has 1 atom stereocenters. The summed E-state index contributed by atoms with van der Waals surface area (Å²) in [4.78, 5) is 8.85. The number of aromatic nitrogens is 3. The first kappa shape index (κ1) is 46.6. The Balaban J connectivity index is 0.000000533. The lowest BCUT2D eigenvalue weighted by Gasteiger charge is -2.23. The molecule has 0 aliphatic heterocycles. The Kier molecular flexibility index (Phi) is 20.2. The van der Waals surface area contributed by atoms with E-state index in [0.717, 1.165) is 61.0 Å². The predicted molar refractivity (Wildman–Crippen MR) is 214 cm³/mol. The first-order valence-corrected chi connectivity index (χ1v) is 20.3. The van der Waals surface area contributed by atoms with Crippen LogP contribution in [0.2, 0.25) is 0 Å². The fourth-order valence-corrected chi connectivity index (χ4v) is 6.41. The highest BCUT2D eigenvalue weighted by molar-refractivity contribution is 5.94. The molecule has 2 aromatic heterocycles. The number of nitrogens with one attached hydrogen (secondary N) is 1. The average Bonchev–Trinajstić information content (AvgIpc) is 3.54. The zero-order valence-electron chi connectivity index (χ0n) is 33.9. The number of aryl methyl sites for hydroxylation is 1. The zero-order chi connectivity index (χ0) is 40.3. The molecule has 4 aromatic rings. The highest BCUT2D eigenvalue weighted by atomic mass is 19.4. The Morgan fingerprint density at radius 3 is 1.85 bits per heavy atom. The highest BCUT2D eigenvalue weighted by Crippen LogP contribution is 2.39. The van der Waals surface area contributed by atoms with Gasteiger partial charge in [0.25, 0.3) is 0 Å². The third-order valence-corrected chi connectivity index (χ3v) is 9.64. The van der Waals surface area contributed by atoms with Crippen LogP contribution >= 0.6 is 0 Å². The van der Waals surface area contributed by atoms with E-state index in [1.165, 1.54) is 56.9 Å². The number of anilines is 2. The van der Waals surface area contributed by atoms with Crippen molar-refractivity contribution in [1.29, 1.82) is 0 Å². The van der Waals surface area contributed by atoms with Gasteiger partial charge >= 0.3 is 12.4 Å². The van der Waals surface area contributed by atoms with Gasteiger partial charge in [-0.25, -0.2) is 4.98 Å². The van der Waals surface area contributed by atoms with Gasteiger partial charge in [-0.15, -0.1) is 0 Å². The van der Waals surface area contributed by atoms with Crippen molar-refractivity contribution in [2.24, 2.45) is 5.92 Å².